The van der Waals surface area contributed by atoms with Gasteiger partial charge in [0.25, 0.3) is 5.56 Å². The molecule has 2 aromatic heterocycles. The van der Waals surface area contributed by atoms with Crippen molar-refractivity contribution in [3.05, 3.63) is 68.3 Å². The number of benzene rings is 2. The van der Waals surface area contributed by atoms with Crippen LogP contribution in [-0.4, -0.2) is 15.2 Å². The zero-order valence-electron chi connectivity index (χ0n) is 14.6. The molecule has 4 rings (SSSR count). The van der Waals surface area contributed by atoms with Crippen LogP contribution in [0.15, 0.2) is 47.3 Å². The standard InChI is InChI=1S/C21H16ClNO3S/c1-10-8-9-13(17(24)11(10)2)15-16-18(25)14(12-6-4-3-5-7-12)20(26)23-21(16)27-19(15)22/h3-9,24H,1-2H3,(H2,23,25,26). The summed E-state index contributed by atoms with van der Waals surface area (Å²) in [5, 5.41) is 22.1. The fraction of sp³-hybridized carbons (Fsp3) is 0.0952. The van der Waals surface area contributed by atoms with Crippen molar-refractivity contribution in [1.82, 2.24) is 4.98 Å². The second-order valence-corrected chi connectivity index (χ2v) is 8.02. The molecule has 4 aromatic rings. The second-order valence-electron chi connectivity index (χ2n) is 6.40. The van der Waals surface area contributed by atoms with Crippen molar-refractivity contribution >= 4 is 33.2 Å². The number of fused-ring (bicyclic) bond motifs is 1. The van der Waals surface area contributed by atoms with Gasteiger partial charge in [0.05, 0.1) is 10.9 Å². The molecule has 2 aromatic carbocycles. The van der Waals surface area contributed by atoms with Gasteiger partial charge in [0.2, 0.25) is 0 Å². The highest BCUT2D eigenvalue weighted by Crippen LogP contribution is 2.49. The predicted molar refractivity (Wildman–Crippen MR) is 111 cm³/mol. The summed E-state index contributed by atoms with van der Waals surface area (Å²) in [5.41, 5.74) is 3.14. The van der Waals surface area contributed by atoms with Gasteiger partial charge in [-0.15, -0.1) is 11.3 Å². The number of nitrogens with one attached hydrogen (secondary N) is 1. The molecule has 6 heteroatoms. The van der Waals surface area contributed by atoms with E-state index in [1.807, 2.05) is 26.0 Å². The van der Waals surface area contributed by atoms with Gasteiger partial charge in [-0.25, -0.2) is 0 Å². The van der Waals surface area contributed by atoms with E-state index in [1.54, 1.807) is 30.3 Å². The Kier molecular flexibility index (Phi) is 4.21. The first kappa shape index (κ1) is 17.6. The lowest BCUT2D eigenvalue weighted by molar-refractivity contribution is 0.472. The normalized spacial score (nSPS) is 11.2. The molecule has 0 saturated carbocycles. The van der Waals surface area contributed by atoms with Crippen LogP contribution < -0.4 is 5.56 Å². The minimum Gasteiger partial charge on any atom is -0.507 e. The van der Waals surface area contributed by atoms with E-state index < -0.39 is 0 Å². The van der Waals surface area contributed by atoms with Gasteiger partial charge in [0, 0.05) is 11.1 Å². The Morgan fingerprint density at radius 1 is 0.963 bits per heavy atom. The van der Waals surface area contributed by atoms with E-state index >= 15 is 0 Å². The van der Waals surface area contributed by atoms with Crippen molar-refractivity contribution in [2.24, 2.45) is 0 Å². The third-order valence-corrected chi connectivity index (χ3v) is 6.14. The molecular formula is C21H16ClNO3S. The van der Waals surface area contributed by atoms with Gasteiger partial charge in [-0.2, -0.15) is 0 Å². The molecule has 2 heterocycles. The maximum atomic E-state index is 12.6. The summed E-state index contributed by atoms with van der Waals surface area (Å²) >= 11 is 7.63. The fourth-order valence-corrected chi connectivity index (χ4v) is 4.60. The average Bonchev–Trinajstić information content (AvgIpc) is 2.97. The van der Waals surface area contributed by atoms with Gasteiger partial charge in [-0.1, -0.05) is 54.1 Å². The van der Waals surface area contributed by atoms with Crippen molar-refractivity contribution in [1.29, 1.82) is 0 Å². The number of aromatic nitrogens is 1. The number of aryl methyl sites for hydroxylation is 1. The molecule has 0 fully saturated rings. The van der Waals surface area contributed by atoms with Crippen molar-refractivity contribution in [2.45, 2.75) is 13.8 Å². The second kappa shape index (κ2) is 6.44. The number of rotatable bonds is 2. The summed E-state index contributed by atoms with van der Waals surface area (Å²) in [6, 6.07) is 12.6. The van der Waals surface area contributed by atoms with E-state index in [4.69, 9.17) is 11.6 Å². The number of phenolic OH excluding ortho intramolecular Hbond substituents is 1. The highest BCUT2D eigenvalue weighted by atomic mass is 35.5. The van der Waals surface area contributed by atoms with Gasteiger partial charge in [-0.05, 0) is 30.5 Å². The largest absolute Gasteiger partial charge is 0.507 e. The number of pyridine rings is 1. The Morgan fingerprint density at radius 3 is 2.37 bits per heavy atom. The van der Waals surface area contributed by atoms with Crippen molar-refractivity contribution in [2.75, 3.05) is 0 Å². The summed E-state index contributed by atoms with van der Waals surface area (Å²) in [6.45, 7) is 3.74. The Bertz CT molecular complexity index is 1240. The number of phenols is 1. The van der Waals surface area contributed by atoms with E-state index in [9.17, 15) is 15.0 Å². The number of halogens is 1. The predicted octanol–water partition coefficient (Wildman–Crippen LogP) is 5.61. The molecule has 0 amide bonds. The van der Waals surface area contributed by atoms with Crippen LogP contribution in [-0.2, 0) is 0 Å². The third-order valence-electron chi connectivity index (χ3n) is 4.83. The number of aromatic hydroxyl groups is 2. The fourth-order valence-electron chi connectivity index (χ4n) is 3.23. The van der Waals surface area contributed by atoms with E-state index in [-0.39, 0.29) is 22.6 Å². The van der Waals surface area contributed by atoms with E-state index in [1.165, 1.54) is 0 Å². The lowest BCUT2D eigenvalue weighted by atomic mass is 9.97. The first-order chi connectivity index (χ1) is 12.9. The lowest BCUT2D eigenvalue weighted by Crippen LogP contribution is -2.08. The van der Waals surface area contributed by atoms with E-state index in [2.05, 4.69) is 4.98 Å². The zero-order valence-corrected chi connectivity index (χ0v) is 16.2. The summed E-state index contributed by atoms with van der Waals surface area (Å²) in [6.07, 6.45) is 0. The van der Waals surface area contributed by atoms with Crippen LogP contribution in [0.25, 0.3) is 32.5 Å². The molecule has 3 N–H and O–H groups in total. The summed E-state index contributed by atoms with van der Waals surface area (Å²) < 4.78 is 0.389. The highest BCUT2D eigenvalue weighted by molar-refractivity contribution is 7.23. The Hall–Kier alpha value is -2.76. The summed E-state index contributed by atoms with van der Waals surface area (Å²) in [7, 11) is 0. The minimum absolute atomic E-state index is 0.114. The summed E-state index contributed by atoms with van der Waals surface area (Å²) in [4.78, 5) is 15.9. The number of hydrogen-bond donors (Lipinski definition) is 3. The number of thiophene rings is 1. The molecule has 0 spiro atoms. The SMILES string of the molecule is Cc1ccc(-c2c(Cl)sc3[nH]c(=O)c(-c4ccccc4)c(O)c23)c(O)c1C. The topological polar surface area (TPSA) is 73.3 Å². The Labute approximate surface area is 164 Å². The molecule has 0 radical (unpaired) electrons. The number of H-pyrrole nitrogens is 1. The van der Waals surface area contributed by atoms with Gasteiger partial charge in [-0.3, -0.25) is 4.79 Å². The maximum Gasteiger partial charge on any atom is 0.260 e. The third kappa shape index (κ3) is 2.71. The smallest absolute Gasteiger partial charge is 0.260 e. The molecule has 0 atom stereocenters. The van der Waals surface area contributed by atoms with Gasteiger partial charge in [0.1, 0.15) is 20.7 Å². The van der Waals surface area contributed by atoms with Crippen molar-refractivity contribution in [3.8, 4) is 33.8 Å². The van der Waals surface area contributed by atoms with E-state index in [0.29, 0.717) is 31.2 Å². The van der Waals surface area contributed by atoms with Crippen LogP contribution in [0, 0.1) is 13.8 Å². The number of hydrogen-bond acceptors (Lipinski definition) is 4. The molecule has 136 valence electrons. The van der Waals surface area contributed by atoms with Crippen LogP contribution in [0.2, 0.25) is 4.34 Å². The first-order valence-electron chi connectivity index (χ1n) is 8.32. The molecule has 0 aliphatic rings. The maximum absolute atomic E-state index is 12.6. The first-order valence-corrected chi connectivity index (χ1v) is 9.51. The van der Waals surface area contributed by atoms with Crippen LogP contribution in [0.4, 0.5) is 0 Å². The Morgan fingerprint density at radius 2 is 1.67 bits per heavy atom. The van der Waals surface area contributed by atoms with E-state index in [0.717, 1.165) is 22.5 Å². The molecule has 0 aliphatic carbocycles. The lowest BCUT2D eigenvalue weighted by Gasteiger charge is -2.11. The van der Waals surface area contributed by atoms with Crippen LogP contribution in [0.5, 0.6) is 11.5 Å². The molecule has 0 aliphatic heterocycles. The zero-order chi connectivity index (χ0) is 19.3. The molecular weight excluding hydrogens is 382 g/mol. The van der Waals surface area contributed by atoms with Crippen molar-refractivity contribution < 1.29 is 10.2 Å². The average molecular weight is 398 g/mol. The highest BCUT2D eigenvalue weighted by Gasteiger charge is 2.24. The molecule has 4 nitrogen and oxygen atoms in total. The molecule has 27 heavy (non-hydrogen) atoms. The quantitative estimate of drug-likeness (QED) is 0.412. The monoisotopic (exact) mass is 397 g/mol. The van der Waals surface area contributed by atoms with Gasteiger partial charge in [0.15, 0.2) is 0 Å². The van der Waals surface area contributed by atoms with Crippen LogP contribution in [0.1, 0.15) is 11.1 Å². The minimum atomic E-state index is -0.389. The summed E-state index contributed by atoms with van der Waals surface area (Å²) in [5.74, 6) is -0.0285. The van der Waals surface area contributed by atoms with Crippen molar-refractivity contribution in [3.63, 3.8) is 0 Å². The Balaban J connectivity index is 2.11. The molecule has 0 bridgehead atoms. The van der Waals surface area contributed by atoms with Gasteiger partial charge >= 0.3 is 0 Å². The van der Waals surface area contributed by atoms with Crippen LogP contribution >= 0.6 is 22.9 Å². The molecule has 0 saturated heterocycles. The van der Waals surface area contributed by atoms with Gasteiger partial charge < -0.3 is 15.2 Å². The number of aromatic amines is 1. The van der Waals surface area contributed by atoms with Crippen LogP contribution in [0.3, 0.4) is 0 Å². The molecule has 0 unspecified atom stereocenters.